The molecule has 0 aliphatic carbocycles. The molecule has 1 heterocycles. The number of carbonyl (C=O) groups is 1. The van der Waals surface area contributed by atoms with Crippen LogP contribution in [0.5, 0.6) is 0 Å². The van der Waals surface area contributed by atoms with Crippen LogP contribution in [0, 0.1) is 0 Å². The second-order valence-electron chi connectivity index (χ2n) is 8.64. The Balaban J connectivity index is 1.59. The lowest BCUT2D eigenvalue weighted by molar-refractivity contribution is -0.116. The van der Waals surface area contributed by atoms with Gasteiger partial charge in [0.2, 0.25) is 15.9 Å². The first kappa shape index (κ1) is 25.5. The molecule has 2 aromatic carbocycles. The third-order valence-corrected chi connectivity index (χ3v) is 7.98. The van der Waals surface area contributed by atoms with Gasteiger partial charge in [-0.1, -0.05) is 29.8 Å². The number of para-hydroxylation sites is 1. The molecular weight excluding hydrogens is 460 g/mol. The maximum Gasteiger partial charge on any atom is 0.242 e. The Kier molecular flexibility index (Phi) is 8.75. The number of carbonyl (C=O) groups excluding carboxylic acids is 1. The Bertz CT molecular complexity index is 1070. The van der Waals surface area contributed by atoms with Crippen molar-refractivity contribution >= 4 is 38.9 Å². The van der Waals surface area contributed by atoms with Crippen molar-refractivity contribution in [2.75, 3.05) is 51.0 Å². The minimum absolute atomic E-state index is 0.0821. The van der Waals surface area contributed by atoms with E-state index in [1.165, 1.54) is 62.8 Å². The van der Waals surface area contributed by atoms with E-state index in [9.17, 15) is 13.2 Å². The summed E-state index contributed by atoms with van der Waals surface area (Å²) in [7, 11) is 1.30. The molecular formula is C24H33ClN4O3S. The molecule has 3 rings (SSSR count). The van der Waals surface area contributed by atoms with E-state index in [1.54, 1.807) is 0 Å². The lowest BCUT2D eigenvalue weighted by Gasteiger charge is -2.31. The molecule has 0 saturated carbocycles. The van der Waals surface area contributed by atoms with Crippen molar-refractivity contribution in [2.24, 2.45) is 0 Å². The molecule has 1 saturated heterocycles. The van der Waals surface area contributed by atoms with Crippen LogP contribution < -0.4 is 10.2 Å². The Morgan fingerprint density at radius 3 is 2.45 bits per heavy atom. The Labute approximate surface area is 202 Å². The van der Waals surface area contributed by atoms with Crippen molar-refractivity contribution < 1.29 is 13.2 Å². The number of halogens is 1. The van der Waals surface area contributed by atoms with Crippen molar-refractivity contribution in [1.29, 1.82) is 0 Å². The minimum Gasteiger partial charge on any atom is -0.371 e. The van der Waals surface area contributed by atoms with Gasteiger partial charge >= 0.3 is 0 Å². The van der Waals surface area contributed by atoms with Gasteiger partial charge in [0.1, 0.15) is 0 Å². The summed E-state index contributed by atoms with van der Waals surface area (Å²) in [6.07, 6.45) is 4.01. The predicted octanol–water partition coefficient (Wildman–Crippen LogP) is 4.04. The van der Waals surface area contributed by atoms with E-state index in [-0.39, 0.29) is 17.2 Å². The van der Waals surface area contributed by atoms with Crippen LogP contribution in [0.3, 0.4) is 0 Å². The minimum atomic E-state index is -3.61. The molecule has 0 spiro atoms. The van der Waals surface area contributed by atoms with Crippen LogP contribution in [0.25, 0.3) is 0 Å². The van der Waals surface area contributed by atoms with E-state index in [0.717, 1.165) is 23.9 Å². The molecule has 0 atom stereocenters. The number of benzene rings is 2. The van der Waals surface area contributed by atoms with Gasteiger partial charge in [0, 0.05) is 52.4 Å². The van der Waals surface area contributed by atoms with Crippen LogP contribution in [0.15, 0.2) is 47.4 Å². The summed E-state index contributed by atoms with van der Waals surface area (Å²) >= 11 is 6.19. The van der Waals surface area contributed by atoms with E-state index in [0.29, 0.717) is 17.3 Å². The number of nitrogens with zero attached hydrogens (tertiary/aromatic N) is 3. The van der Waals surface area contributed by atoms with Gasteiger partial charge in [-0.25, -0.2) is 12.7 Å². The molecule has 1 N–H and O–H groups in total. The molecule has 1 aliphatic rings. The highest BCUT2D eigenvalue weighted by Crippen LogP contribution is 2.27. The van der Waals surface area contributed by atoms with Crippen molar-refractivity contribution in [2.45, 2.75) is 37.1 Å². The Morgan fingerprint density at radius 1 is 1.06 bits per heavy atom. The highest BCUT2D eigenvalue weighted by atomic mass is 35.5. The Morgan fingerprint density at radius 2 is 1.76 bits per heavy atom. The average molecular weight is 493 g/mol. The lowest BCUT2D eigenvalue weighted by atomic mass is 10.1. The maximum atomic E-state index is 12.6. The topological polar surface area (TPSA) is 73.0 Å². The Hall–Kier alpha value is -2.13. The predicted molar refractivity (Wildman–Crippen MR) is 134 cm³/mol. The highest BCUT2D eigenvalue weighted by molar-refractivity contribution is 7.89. The maximum absolute atomic E-state index is 12.6. The molecule has 0 aromatic heterocycles. The molecule has 1 fully saturated rings. The molecule has 180 valence electrons. The molecule has 2 aromatic rings. The number of nitrogens with one attached hydrogen (secondary N) is 1. The highest BCUT2D eigenvalue weighted by Gasteiger charge is 2.19. The fourth-order valence-electron chi connectivity index (χ4n) is 3.93. The quantitative estimate of drug-likeness (QED) is 0.572. The van der Waals surface area contributed by atoms with Crippen LogP contribution in [0.4, 0.5) is 11.4 Å². The van der Waals surface area contributed by atoms with Crippen LogP contribution >= 0.6 is 11.6 Å². The zero-order valence-electron chi connectivity index (χ0n) is 19.6. The van der Waals surface area contributed by atoms with Gasteiger partial charge < -0.3 is 15.1 Å². The third-order valence-electron chi connectivity index (χ3n) is 5.84. The molecule has 7 nitrogen and oxygen atoms in total. The van der Waals surface area contributed by atoms with Crippen molar-refractivity contribution in [3.8, 4) is 0 Å². The molecule has 0 radical (unpaired) electrons. The summed E-state index contributed by atoms with van der Waals surface area (Å²) in [5.74, 6) is -0.215. The number of anilines is 2. The van der Waals surface area contributed by atoms with E-state index >= 15 is 0 Å². The molecule has 0 bridgehead atoms. The summed E-state index contributed by atoms with van der Waals surface area (Å²) < 4.78 is 25.9. The van der Waals surface area contributed by atoms with Crippen LogP contribution in [-0.2, 0) is 21.4 Å². The zero-order chi connectivity index (χ0) is 24.0. The zero-order valence-corrected chi connectivity index (χ0v) is 21.1. The van der Waals surface area contributed by atoms with E-state index < -0.39 is 10.0 Å². The van der Waals surface area contributed by atoms with Gasteiger partial charge in [-0.15, -0.1) is 0 Å². The standard InChI is InChI=1S/C24H33ClN4O3S/c1-27(2)33(31,32)20-11-12-21(25)22(17-20)26-24(30)13-16-28(3)18-19-9-5-6-10-23(19)29-14-7-4-8-15-29/h5-6,9-12,17H,4,7-8,13-16,18H2,1-3H3,(H,26,30). The van der Waals surface area contributed by atoms with E-state index in [2.05, 4.69) is 39.4 Å². The van der Waals surface area contributed by atoms with Gasteiger partial charge in [-0.3, -0.25) is 4.79 Å². The average Bonchev–Trinajstić information content (AvgIpc) is 2.80. The molecule has 1 amide bonds. The fourth-order valence-corrected chi connectivity index (χ4v) is 5.03. The number of hydrogen-bond acceptors (Lipinski definition) is 5. The first-order valence-corrected chi connectivity index (χ1v) is 13.0. The first-order valence-electron chi connectivity index (χ1n) is 11.2. The number of rotatable bonds is 9. The first-order chi connectivity index (χ1) is 15.7. The van der Waals surface area contributed by atoms with Crippen LogP contribution in [0.1, 0.15) is 31.2 Å². The number of sulfonamides is 1. The fraction of sp³-hybridized carbons (Fsp3) is 0.458. The number of amides is 1. The third kappa shape index (κ3) is 6.69. The SMILES string of the molecule is CN(CCC(=O)Nc1cc(S(=O)(=O)N(C)C)ccc1Cl)Cc1ccccc1N1CCCCC1. The van der Waals surface area contributed by atoms with E-state index in [4.69, 9.17) is 11.6 Å². The summed E-state index contributed by atoms with van der Waals surface area (Å²) in [5.41, 5.74) is 2.83. The molecule has 9 heteroatoms. The van der Waals surface area contributed by atoms with Gasteiger partial charge in [-0.05, 0) is 56.1 Å². The molecule has 33 heavy (non-hydrogen) atoms. The smallest absolute Gasteiger partial charge is 0.242 e. The largest absolute Gasteiger partial charge is 0.371 e. The van der Waals surface area contributed by atoms with Gasteiger partial charge in [-0.2, -0.15) is 0 Å². The molecule has 1 aliphatic heterocycles. The summed E-state index contributed by atoms with van der Waals surface area (Å²) in [6.45, 7) is 3.49. The van der Waals surface area contributed by atoms with E-state index in [1.807, 2.05) is 7.05 Å². The summed E-state index contributed by atoms with van der Waals surface area (Å²) in [4.78, 5) is 17.2. The summed E-state index contributed by atoms with van der Waals surface area (Å²) in [5, 5.41) is 3.05. The number of hydrogen-bond donors (Lipinski definition) is 1. The second-order valence-corrected chi connectivity index (χ2v) is 11.2. The van der Waals surface area contributed by atoms with Crippen LogP contribution in [0.2, 0.25) is 5.02 Å². The van der Waals surface area contributed by atoms with Crippen molar-refractivity contribution in [1.82, 2.24) is 9.21 Å². The lowest BCUT2D eigenvalue weighted by Crippen LogP contribution is -2.31. The van der Waals surface area contributed by atoms with Gasteiger partial charge in [0.25, 0.3) is 0 Å². The molecule has 0 unspecified atom stereocenters. The summed E-state index contributed by atoms with van der Waals surface area (Å²) in [6, 6.07) is 12.8. The van der Waals surface area contributed by atoms with Crippen molar-refractivity contribution in [3.63, 3.8) is 0 Å². The van der Waals surface area contributed by atoms with Gasteiger partial charge in [0.05, 0.1) is 15.6 Å². The second kappa shape index (κ2) is 11.3. The number of piperidine rings is 1. The monoisotopic (exact) mass is 492 g/mol. The normalized spacial score (nSPS) is 14.7. The van der Waals surface area contributed by atoms with Crippen molar-refractivity contribution in [3.05, 3.63) is 53.1 Å². The van der Waals surface area contributed by atoms with Crippen LogP contribution in [-0.4, -0.2) is 64.3 Å². The van der Waals surface area contributed by atoms with Gasteiger partial charge in [0.15, 0.2) is 0 Å².